The van der Waals surface area contributed by atoms with Crippen LogP contribution in [0.3, 0.4) is 0 Å². The molecule has 0 bridgehead atoms. The summed E-state index contributed by atoms with van der Waals surface area (Å²) >= 11 is 6.08. The van der Waals surface area contributed by atoms with Crippen LogP contribution < -0.4 is 4.74 Å². The Bertz CT molecular complexity index is 447. The standard InChI is InChI=1S/C13H15ClO3/c14-13-8-6-7-9(15)2-1-3-11(7)17-12(8)5-4-10(13)16/h4-5,7,9,11,15-16H,1-3,6H2/t7-,9-,11+/m0/s1. The van der Waals surface area contributed by atoms with Crippen molar-refractivity contribution in [3.63, 3.8) is 0 Å². The molecule has 2 aliphatic rings. The molecule has 1 aliphatic heterocycles. The number of ether oxygens (including phenoxy) is 1. The Morgan fingerprint density at radius 3 is 2.94 bits per heavy atom. The van der Waals surface area contributed by atoms with Gasteiger partial charge in [0.05, 0.1) is 11.1 Å². The topological polar surface area (TPSA) is 49.7 Å². The maximum absolute atomic E-state index is 10.0. The third kappa shape index (κ3) is 1.78. The molecule has 0 saturated heterocycles. The van der Waals surface area contributed by atoms with Crippen LogP contribution in [0.4, 0.5) is 0 Å². The summed E-state index contributed by atoms with van der Waals surface area (Å²) in [6, 6.07) is 3.31. The van der Waals surface area contributed by atoms with Crippen molar-refractivity contribution in [3.8, 4) is 11.5 Å². The van der Waals surface area contributed by atoms with Gasteiger partial charge >= 0.3 is 0 Å². The SMILES string of the molecule is Oc1ccc2c(c1Cl)C[C@H]1[C@@H](O)CCC[C@H]1O2. The number of halogens is 1. The quantitative estimate of drug-likeness (QED) is 0.748. The van der Waals surface area contributed by atoms with Gasteiger partial charge in [-0.1, -0.05) is 11.6 Å². The lowest BCUT2D eigenvalue weighted by molar-refractivity contribution is -0.0209. The predicted octanol–water partition coefficient (Wildman–Crippen LogP) is 2.51. The summed E-state index contributed by atoms with van der Waals surface area (Å²) in [6.07, 6.45) is 3.28. The lowest BCUT2D eigenvalue weighted by atomic mass is 9.78. The predicted molar refractivity (Wildman–Crippen MR) is 64.6 cm³/mol. The molecule has 0 unspecified atom stereocenters. The van der Waals surface area contributed by atoms with Crippen molar-refractivity contribution in [2.45, 2.75) is 37.9 Å². The van der Waals surface area contributed by atoms with E-state index in [0.29, 0.717) is 11.4 Å². The summed E-state index contributed by atoms with van der Waals surface area (Å²) < 4.78 is 5.89. The first-order valence-electron chi connectivity index (χ1n) is 6.02. The first kappa shape index (κ1) is 11.2. The second-order valence-corrected chi connectivity index (χ2v) is 5.28. The number of hydrogen-bond donors (Lipinski definition) is 2. The molecule has 1 aliphatic carbocycles. The molecule has 17 heavy (non-hydrogen) atoms. The van der Waals surface area contributed by atoms with Crippen LogP contribution in [0, 0.1) is 5.92 Å². The number of benzene rings is 1. The number of aromatic hydroxyl groups is 1. The normalized spacial score (nSPS) is 31.3. The van der Waals surface area contributed by atoms with E-state index in [-0.39, 0.29) is 23.9 Å². The fourth-order valence-corrected chi connectivity index (χ4v) is 3.14. The van der Waals surface area contributed by atoms with E-state index < -0.39 is 0 Å². The van der Waals surface area contributed by atoms with Crippen molar-refractivity contribution < 1.29 is 14.9 Å². The molecule has 0 aromatic heterocycles. The fourth-order valence-electron chi connectivity index (χ4n) is 2.91. The van der Waals surface area contributed by atoms with Crippen molar-refractivity contribution in [1.29, 1.82) is 0 Å². The molecule has 0 spiro atoms. The van der Waals surface area contributed by atoms with Gasteiger partial charge in [0, 0.05) is 11.5 Å². The molecule has 1 fully saturated rings. The van der Waals surface area contributed by atoms with E-state index in [1.807, 2.05) is 0 Å². The summed E-state index contributed by atoms with van der Waals surface area (Å²) in [7, 11) is 0. The Balaban J connectivity index is 1.99. The van der Waals surface area contributed by atoms with Gasteiger partial charge in [0.1, 0.15) is 17.6 Å². The number of aliphatic hydroxyl groups excluding tert-OH is 1. The molecule has 1 saturated carbocycles. The van der Waals surface area contributed by atoms with Gasteiger partial charge in [0.25, 0.3) is 0 Å². The highest BCUT2D eigenvalue weighted by molar-refractivity contribution is 6.33. The molecule has 1 aromatic carbocycles. The highest BCUT2D eigenvalue weighted by atomic mass is 35.5. The van der Waals surface area contributed by atoms with Crippen LogP contribution >= 0.6 is 11.6 Å². The second-order valence-electron chi connectivity index (χ2n) is 4.90. The monoisotopic (exact) mass is 254 g/mol. The van der Waals surface area contributed by atoms with Gasteiger partial charge in [-0.05, 0) is 37.8 Å². The smallest absolute Gasteiger partial charge is 0.134 e. The van der Waals surface area contributed by atoms with Crippen LogP contribution in [0.25, 0.3) is 0 Å². The maximum Gasteiger partial charge on any atom is 0.134 e. The molecule has 1 aromatic rings. The molecule has 0 radical (unpaired) electrons. The molecule has 2 N–H and O–H groups in total. The van der Waals surface area contributed by atoms with Gasteiger partial charge in [-0.2, -0.15) is 0 Å². The minimum Gasteiger partial charge on any atom is -0.506 e. The highest BCUT2D eigenvalue weighted by Crippen LogP contribution is 2.43. The molecule has 1 heterocycles. The summed E-state index contributed by atoms with van der Waals surface area (Å²) in [5.74, 6) is 0.941. The first-order valence-corrected chi connectivity index (χ1v) is 6.39. The van der Waals surface area contributed by atoms with Crippen LogP contribution in [-0.4, -0.2) is 22.4 Å². The Morgan fingerprint density at radius 1 is 1.29 bits per heavy atom. The number of fused-ring (bicyclic) bond motifs is 2. The number of phenolic OH excluding ortho intramolecular Hbond substituents is 1. The number of hydrogen-bond acceptors (Lipinski definition) is 3. The van der Waals surface area contributed by atoms with Crippen LogP contribution in [0.15, 0.2) is 12.1 Å². The highest BCUT2D eigenvalue weighted by Gasteiger charge is 2.38. The van der Waals surface area contributed by atoms with E-state index in [4.69, 9.17) is 16.3 Å². The maximum atomic E-state index is 10.0. The minimum absolute atomic E-state index is 0.0813. The Kier molecular flexibility index (Phi) is 2.68. The summed E-state index contributed by atoms with van der Waals surface area (Å²) in [4.78, 5) is 0. The average molecular weight is 255 g/mol. The number of phenols is 1. The molecule has 3 nitrogen and oxygen atoms in total. The van der Waals surface area contributed by atoms with Crippen molar-refractivity contribution in [1.82, 2.24) is 0 Å². The van der Waals surface area contributed by atoms with Crippen molar-refractivity contribution in [2.24, 2.45) is 5.92 Å². The van der Waals surface area contributed by atoms with Crippen molar-refractivity contribution >= 4 is 11.6 Å². The Hall–Kier alpha value is -0.930. The largest absolute Gasteiger partial charge is 0.506 e. The van der Waals surface area contributed by atoms with E-state index in [2.05, 4.69) is 0 Å². The number of aliphatic hydroxyl groups is 1. The molecular formula is C13H15ClO3. The fraction of sp³-hybridized carbons (Fsp3) is 0.538. The molecule has 4 heteroatoms. The summed E-state index contributed by atoms with van der Waals surface area (Å²) in [5, 5.41) is 20.0. The molecular weight excluding hydrogens is 240 g/mol. The van der Waals surface area contributed by atoms with Crippen molar-refractivity contribution in [3.05, 3.63) is 22.7 Å². The molecule has 3 atom stereocenters. The second kappa shape index (κ2) is 4.07. The van der Waals surface area contributed by atoms with Crippen molar-refractivity contribution in [2.75, 3.05) is 0 Å². The van der Waals surface area contributed by atoms with E-state index >= 15 is 0 Å². The van der Waals surface area contributed by atoms with Gasteiger partial charge in [-0.25, -0.2) is 0 Å². The Morgan fingerprint density at radius 2 is 2.12 bits per heavy atom. The zero-order valence-corrected chi connectivity index (χ0v) is 10.2. The van der Waals surface area contributed by atoms with Gasteiger partial charge in [0.15, 0.2) is 0 Å². The van der Waals surface area contributed by atoms with E-state index in [1.54, 1.807) is 12.1 Å². The Labute approximate surface area is 105 Å². The van der Waals surface area contributed by atoms with Crippen LogP contribution in [-0.2, 0) is 6.42 Å². The third-order valence-corrected chi connectivity index (χ3v) is 4.28. The van der Waals surface area contributed by atoms with E-state index in [1.165, 1.54) is 0 Å². The van der Waals surface area contributed by atoms with E-state index in [9.17, 15) is 10.2 Å². The van der Waals surface area contributed by atoms with Crippen LogP contribution in [0.5, 0.6) is 11.5 Å². The lowest BCUT2D eigenvalue weighted by Gasteiger charge is -2.40. The first-order chi connectivity index (χ1) is 8.16. The third-order valence-electron chi connectivity index (χ3n) is 3.86. The zero-order chi connectivity index (χ0) is 12.0. The average Bonchev–Trinajstić information content (AvgIpc) is 2.33. The lowest BCUT2D eigenvalue weighted by Crippen LogP contribution is -2.43. The molecule has 0 amide bonds. The van der Waals surface area contributed by atoms with Crippen LogP contribution in [0.1, 0.15) is 24.8 Å². The minimum atomic E-state index is -0.319. The summed E-state index contributed by atoms with van der Waals surface area (Å²) in [6.45, 7) is 0. The van der Waals surface area contributed by atoms with Crippen LogP contribution in [0.2, 0.25) is 5.02 Å². The molecule has 3 rings (SSSR count). The van der Waals surface area contributed by atoms with Gasteiger partial charge < -0.3 is 14.9 Å². The van der Waals surface area contributed by atoms with Gasteiger partial charge in [0.2, 0.25) is 0 Å². The summed E-state index contributed by atoms with van der Waals surface area (Å²) in [5.41, 5.74) is 0.828. The number of rotatable bonds is 0. The zero-order valence-electron chi connectivity index (χ0n) is 9.40. The molecule has 92 valence electrons. The van der Waals surface area contributed by atoms with Gasteiger partial charge in [-0.3, -0.25) is 0 Å². The van der Waals surface area contributed by atoms with Gasteiger partial charge in [-0.15, -0.1) is 0 Å². The van der Waals surface area contributed by atoms with E-state index in [0.717, 1.165) is 30.6 Å².